The van der Waals surface area contributed by atoms with Crippen molar-refractivity contribution in [2.75, 3.05) is 31.6 Å². The van der Waals surface area contributed by atoms with Gasteiger partial charge in [-0.25, -0.2) is 0 Å². The Kier molecular flexibility index (Phi) is 5.11. The topological polar surface area (TPSA) is 24.5 Å². The van der Waals surface area contributed by atoms with Crippen LogP contribution in [0, 0.1) is 5.92 Å². The number of benzene rings is 1. The van der Waals surface area contributed by atoms with Crippen LogP contribution in [0.1, 0.15) is 20.3 Å². The van der Waals surface area contributed by atoms with E-state index in [0.717, 1.165) is 35.8 Å². The smallest absolute Gasteiger partial charge is 0.133 e. The third-order valence-electron chi connectivity index (χ3n) is 3.51. The molecule has 1 aliphatic rings. The number of rotatable bonds is 4. The molecule has 106 valence electrons. The molecule has 1 heterocycles. The van der Waals surface area contributed by atoms with E-state index in [9.17, 15) is 0 Å². The van der Waals surface area contributed by atoms with Gasteiger partial charge < -0.3 is 15.0 Å². The van der Waals surface area contributed by atoms with Gasteiger partial charge in [-0.3, -0.25) is 0 Å². The summed E-state index contributed by atoms with van der Waals surface area (Å²) in [4.78, 5) is 2.45. The minimum absolute atomic E-state index is 0.592. The Morgan fingerprint density at radius 2 is 2.26 bits per heavy atom. The molecule has 1 atom stereocenters. The Hall–Kier alpha value is -0.740. The Balaban J connectivity index is 2.06. The van der Waals surface area contributed by atoms with Crippen LogP contribution >= 0.6 is 15.9 Å². The number of nitrogens with zero attached hydrogens (tertiary/aromatic N) is 1. The molecular formula is C15H23BrN2O. The number of methoxy groups -OCH3 is 1. The normalized spacial score (nSPS) is 19.8. The van der Waals surface area contributed by atoms with Crippen LogP contribution in [-0.2, 0) is 0 Å². The first-order valence-corrected chi connectivity index (χ1v) is 7.71. The van der Waals surface area contributed by atoms with E-state index in [4.69, 9.17) is 4.74 Å². The number of hydrogen-bond acceptors (Lipinski definition) is 3. The van der Waals surface area contributed by atoms with Crippen molar-refractivity contribution in [3.63, 3.8) is 0 Å². The van der Waals surface area contributed by atoms with Gasteiger partial charge in [-0.15, -0.1) is 0 Å². The van der Waals surface area contributed by atoms with Crippen molar-refractivity contribution in [2.24, 2.45) is 5.92 Å². The van der Waals surface area contributed by atoms with E-state index in [1.807, 2.05) is 6.07 Å². The molecule has 0 saturated carbocycles. The summed E-state index contributed by atoms with van der Waals surface area (Å²) in [5.74, 6) is 1.62. The molecule has 1 aliphatic heterocycles. The quantitative estimate of drug-likeness (QED) is 0.918. The number of halogens is 1. The molecule has 1 fully saturated rings. The third kappa shape index (κ3) is 3.86. The van der Waals surface area contributed by atoms with E-state index in [1.54, 1.807) is 7.11 Å². The lowest BCUT2D eigenvalue weighted by atomic mass is 10.0. The molecule has 0 amide bonds. The van der Waals surface area contributed by atoms with Gasteiger partial charge in [-0.2, -0.15) is 0 Å². The van der Waals surface area contributed by atoms with Gasteiger partial charge in [0.05, 0.1) is 11.6 Å². The molecule has 19 heavy (non-hydrogen) atoms. The van der Waals surface area contributed by atoms with Gasteiger partial charge in [0, 0.05) is 31.4 Å². The van der Waals surface area contributed by atoms with Crippen LogP contribution in [-0.4, -0.2) is 32.8 Å². The maximum absolute atomic E-state index is 5.28. The molecule has 2 rings (SSSR count). The van der Waals surface area contributed by atoms with Gasteiger partial charge >= 0.3 is 0 Å². The number of ether oxygens (including phenoxy) is 1. The second kappa shape index (κ2) is 6.62. The minimum Gasteiger partial charge on any atom is -0.496 e. The van der Waals surface area contributed by atoms with Crippen LogP contribution in [0.15, 0.2) is 22.7 Å². The zero-order valence-electron chi connectivity index (χ0n) is 11.9. The summed E-state index contributed by atoms with van der Waals surface area (Å²) in [5.41, 5.74) is 1.27. The lowest BCUT2D eigenvalue weighted by molar-refractivity contribution is 0.388. The van der Waals surface area contributed by atoms with Gasteiger partial charge in [0.25, 0.3) is 0 Å². The first-order valence-electron chi connectivity index (χ1n) is 6.92. The monoisotopic (exact) mass is 326 g/mol. The van der Waals surface area contributed by atoms with Crippen molar-refractivity contribution < 1.29 is 4.74 Å². The SMILES string of the molecule is COc1ccc(N2CCNC(CC(C)C)C2)cc1Br. The lowest BCUT2D eigenvalue weighted by Crippen LogP contribution is -2.51. The van der Waals surface area contributed by atoms with Crippen LogP contribution in [0.2, 0.25) is 0 Å². The van der Waals surface area contributed by atoms with Crippen molar-refractivity contribution in [3.8, 4) is 5.75 Å². The highest BCUT2D eigenvalue weighted by Gasteiger charge is 2.20. The van der Waals surface area contributed by atoms with Crippen LogP contribution in [0.25, 0.3) is 0 Å². The van der Waals surface area contributed by atoms with E-state index in [1.165, 1.54) is 12.1 Å². The fraction of sp³-hybridized carbons (Fsp3) is 0.600. The highest BCUT2D eigenvalue weighted by Crippen LogP contribution is 2.30. The van der Waals surface area contributed by atoms with Gasteiger partial charge in [0.1, 0.15) is 5.75 Å². The predicted octanol–water partition coefficient (Wildman–Crippen LogP) is 3.28. The average Bonchev–Trinajstić information content (AvgIpc) is 2.38. The Morgan fingerprint density at radius 1 is 1.47 bits per heavy atom. The first kappa shape index (κ1) is 14.7. The van der Waals surface area contributed by atoms with E-state index in [2.05, 4.69) is 52.1 Å². The Morgan fingerprint density at radius 3 is 2.89 bits per heavy atom. The lowest BCUT2D eigenvalue weighted by Gasteiger charge is -2.36. The number of piperazine rings is 1. The van der Waals surface area contributed by atoms with E-state index >= 15 is 0 Å². The molecule has 1 aromatic carbocycles. The molecule has 4 heteroatoms. The summed E-state index contributed by atoms with van der Waals surface area (Å²) in [6, 6.07) is 6.91. The molecule has 1 unspecified atom stereocenters. The standard InChI is InChI=1S/C15H23BrN2O/c1-11(2)8-12-10-18(7-6-17-12)13-4-5-15(19-3)14(16)9-13/h4-5,9,11-12,17H,6-8,10H2,1-3H3. The summed E-state index contributed by atoms with van der Waals surface area (Å²) in [6.07, 6.45) is 1.23. The summed E-state index contributed by atoms with van der Waals surface area (Å²) in [7, 11) is 1.70. The minimum atomic E-state index is 0.592. The Bertz CT molecular complexity index is 423. The summed E-state index contributed by atoms with van der Waals surface area (Å²) < 4.78 is 6.30. The maximum atomic E-state index is 5.28. The maximum Gasteiger partial charge on any atom is 0.133 e. The highest BCUT2D eigenvalue weighted by atomic mass is 79.9. The summed E-state index contributed by atoms with van der Waals surface area (Å²) in [6.45, 7) is 7.76. The molecule has 0 radical (unpaired) electrons. The van der Waals surface area contributed by atoms with Crippen molar-refractivity contribution in [1.82, 2.24) is 5.32 Å². The zero-order valence-corrected chi connectivity index (χ0v) is 13.5. The van der Waals surface area contributed by atoms with Gasteiger partial charge in [0.15, 0.2) is 0 Å². The highest BCUT2D eigenvalue weighted by molar-refractivity contribution is 9.10. The molecule has 0 aliphatic carbocycles. The van der Waals surface area contributed by atoms with Crippen molar-refractivity contribution >= 4 is 21.6 Å². The number of nitrogens with one attached hydrogen (secondary N) is 1. The second-order valence-electron chi connectivity index (χ2n) is 5.55. The average molecular weight is 327 g/mol. The van der Waals surface area contributed by atoms with E-state index in [0.29, 0.717) is 6.04 Å². The molecule has 1 saturated heterocycles. The third-order valence-corrected chi connectivity index (χ3v) is 4.13. The molecule has 1 aromatic rings. The van der Waals surface area contributed by atoms with Crippen LogP contribution in [0.5, 0.6) is 5.75 Å². The number of anilines is 1. The Labute approximate surface area is 124 Å². The predicted molar refractivity (Wildman–Crippen MR) is 84.2 cm³/mol. The molecule has 0 aromatic heterocycles. The molecule has 0 bridgehead atoms. The van der Waals surface area contributed by atoms with E-state index in [-0.39, 0.29) is 0 Å². The largest absolute Gasteiger partial charge is 0.496 e. The van der Waals surface area contributed by atoms with Crippen molar-refractivity contribution in [3.05, 3.63) is 22.7 Å². The van der Waals surface area contributed by atoms with E-state index < -0.39 is 0 Å². The van der Waals surface area contributed by atoms with Gasteiger partial charge in [-0.05, 0) is 46.5 Å². The molecule has 0 spiro atoms. The molecule has 1 N–H and O–H groups in total. The first-order chi connectivity index (χ1) is 9.10. The van der Waals surface area contributed by atoms with Gasteiger partial charge in [0.2, 0.25) is 0 Å². The van der Waals surface area contributed by atoms with Crippen molar-refractivity contribution in [2.45, 2.75) is 26.3 Å². The number of hydrogen-bond donors (Lipinski definition) is 1. The fourth-order valence-corrected chi connectivity index (χ4v) is 3.17. The molecular weight excluding hydrogens is 304 g/mol. The summed E-state index contributed by atoms with van der Waals surface area (Å²) in [5, 5.41) is 3.61. The van der Waals surface area contributed by atoms with Crippen LogP contribution in [0.4, 0.5) is 5.69 Å². The van der Waals surface area contributed by atoms with Crippen LogP contribution in [0.3, 0.4) is 0 Å². The molecule has 3 nitrogen and oxygen atoms in total. The second-order valence-corrected chi connectivity index (χ2v) is 6.40. The zero-order chi connectivity index (χ0) is 13.8. The fourth-order valence-electron chi connectivity index (χ4n) is 2.64. The van der Waals surface area contributed by atoms with Gasteiger partial charge in [-0.1, -0.05) is 13.8 Å². The van der Waals surface area contributed by atoms with Crippen LogP contribution < -0.4 is 15.0 Å². The van der Waals surface area contributed by atoms with Crippen molar-refractivity contribution in [1.29, 1.82) is 0 Å². The summed E-state index contributed by atoms with van der Waals surface area (Å²) >= 11 is 3.56.